The summed E-state index contributed by atoms with van der Waals surface area (Å²) in [6.45, 7) is 1.46. The van der Waals surface area contributed by atoms with Crippen molar-refractivity contribution in [1.82, 2.24) is 5.32 Å². The van der Waals surface area contributed by atoms with Crippen LogP contribution in [0.25, 0.3) is 0 Å². The zero-order valence-electron chi connectivity index (χ0n) is 11.8. The highest BCUT2D eigenvalue weighted by Gasteiger charge is 2.28. The lowest BCUT2D eigenvalue weighted by atomic mass is 10.2. The van der Waals surface area contributed by atoms with E-state index in [0.717, 1.165) is 19.1 Å². The lowest BCUT2D eigenvalue weighted by molar-refractivity contribution is -0.129. The second-order valence-electron chi connectivity index (χ2n) is 5.10. The Hall–Kier alpha value is -1.89. The molecule has 1 atom stereocenters. The molecule has 0 heterocycles. The molecule has 1 N–H and O–H groups in total. The monoisotopic (exact) mass is 311 g/mol. The minimum absolute atomic E-state index is 0.0638. The molecule has 7 heteroatoms. The van der Waals surface area contributed by atoms with E-state index in [9.17, 15) is 18.0 Å². The van der Waals surface area contributed by atoms with Gasteiger partial charge in [-0.05, 0) is 31.9 Å². The number of hydrogen-bond acceptors (Lipinski definition) is 5. The average molecular weight is 311 g/mol. The Kier molecular flexibility index (Phi) is 4.32. The molecule has 114 valence electrons. The van der Waals surface area contributed by atoms with Gasteiger partial charge in [0.2, 0.25) is 0 Å². The first-order chi connectivity index (χ1) is 9.79. The fraction of sp³-hybridized carbons (Fsp3) is 0.429. The van der Waals surface area contributed by atoms with Crippen molar-refractivity contribution in [2.45, 2.75) is 36.8 Å². The van der Waals surface area contributed by atoms with Crippen LogP contribution in [0.2, 0.25) is 0 Å². The third-order valence-electron chi connectivity index (χ3n) is 3.08. The van der Waals surface area contributed by atoms with Gasteiger partial charge in [-0.25, -0.2) is 13.2 Å². The van der Waals surface area contributed by atoms with Crippen LogP contribution in [0.5, 0.6) is 0 Å². The molecule has 1 aromatic rings. The van der Waals surface area contributed by atoms with Gasteiger partial charge in [0.15, 0.2) is 15.9 Å². The second-order valence-corrected chi connectivity index (χ2v) is 7.08. The van der Waals surface area contributed by atoms with E-state index in [-0.39, 0.29) is 22.4 Å². The molecule has 0 radical (unpaired) electrons. The van der Waals surface area contributed by atoms with E-state index in [1.54, 1.807) is 6.07 Å². The maximum atomic E-state index is 12.1. The van der Waals surface area contributed by atoms with Crippen molar-refractivity contribution in [3.05, 3.63) is 29.8 Å². The van der Waals surface area contributed by atoms with Gasteiger partial charge < -0.3 is 10.1 Å². The van der Waals surface area contributed by atoms with Gasteiger partial charge in [0.05, 0.1) is 10.5 Å². The number of carbonyl (C=O) groups excluding carboxylic acids is 2. The van der Waals surface area contributed by atoms with Crippen LogP contribution in [0.4, 0.5) is 0 Å². The smallest absolute Gasteiger partial charge is 0.340 e. The molecule has 1 aromatic carbocycles. The number of amides is 1. The molecule has 6 nitrogen and oxygen atoms in total. The summed E-state index contributed by atoms with van der Waals surface area (Å²) < 4.78 is 28.3. The second kappa shape index (κ2) is 5.85. The van der Waals surface area contributed by atoms with Gasteiger partial charge in [0.1, 0.15) is 0 Å². The van der Waals surface area contributed by atoms with E-state index in [4.69, 9.17) is 4.74 Å². The van der Waals surface area contributed by atoms with E-state index in [2.05, 4.69) is 5.32 Å². The Morgan fingerprint density at radius 1 is 1.29 bits per heavy atom. The van der Waals surface area contributed by atoms with Crippen LogP contribution in [0.15, 0.2) is 29.2 Å². The predicted octanol–water partition coefficient (Wildman–Crippen LogP) is 0.914. The molecule has 0 spiro atoms. The number of carbonyl (C=O) groups is 2. The molecule has 0 bridgehead atoms. The summed E-state index contributed by atoms with van der Waals surface area (Å²) in [5.41, 5.74) is -0.0638. The van der Waals surface area contributed by atoms with Crippen molar-refractivity contribution in [2.24, 2.45) is 0 Å². The normalized spacial score (nSPS) is 16.1. The Bertz CT molecular complexity index is 664. The zero-order valence-corrected chi connectivity index (χ0v) is 12.6. The van der Waals surface area contributed by atoms with E-state index in [0.29, 0.717) is 0 Å². The minimum atomic E-state index is -3.54. The van der Waals surface area contributed by atoms with Gasteiger partial charge in [-0.3, -0.25) is 4.79 Å². The van der Waals surface area contributed by atoms with Crippen molar-refractivity contribution in [3.8, 4) is 0 Å². The number of hydrogen-bond donors (Lipinski definition) is 1. The predicted molar refractivity (Wildman–Crippen MR) is 75.6 cm³/mol. The summed E-state index contributed by atoms with van der Waals surface area (Å²) in [5, 5.41) is 2.72. The van der Waals surface area contributed by atoms with Gasteiger partial charge in [0, 0.05) is 12.3 Å². The highest BCUT2D eigenvalue weighted by Crippen LogP contribution is 2.20. The third kappa shape index (κ3) is 4.04. The minimum Gasteiger partial charge on any atom is -0.449 e. The molecular formula is C14H17NO5S. The fourth-order valence-corrected chi connectivity index (χ4v) is 2.66. The first kappa shape index (κ1) is 15.5. The summed E-state index contributed by atoms with van der Waals surface area (Å²) in [7, 11) is -3.54. The molecule has 1 aliphatic rings. The van der Waals surface area contributed by atoms with E-state index >= 15 is 0 Å². The summed E-state index contributed by atoms with van der Waals surface area (Å²) in [4.78, 5) is 23.7. The molecule has 1 amide bonds. The van der Waals surface area contributed by atoms with Crippen LogP contribution >= 0.6 is 0 Å². The van der Waals surface area contributed by atoms with Crippen molar-refractivity contribution in [2.75, 3.05) is 6.26 Å². The van der Waals surface area contributed by atoms with E-state index in [1.807, 2.05) is 0 Å². The van der Waals surface area contributed by atoms with Gasteiger partial charge in [0.25, 0.3) is 5.91 Å². The molecule has 21 heavy (non-hydrogen) atoms. The number of esters is 1. The molecule has 1 saturated carbocycles. The molecule has 1 fully saturated rings. The molecule has 0 saturated heterocycles. The Morgan fingerprint density at radius 3 is 2.48 bits per heavy atom. The van der Waals surface area contributed by atoms with Crippen molar-refractivity contribution >= 4 is 21.7 Å². The zero-order chi connectivity index (χ0) is 15.6. The van der Waals surface area contributed by atoms with Crippen molar-refractivity contribution in [3.63, 3.8) is 0 Å². The lowest BCUT2D eigenvalue weighted by Gasteiger charge is -2.14. The van der Waals surface area contributed by atoms with Crippen molar-refractivity contribution in [1.29, 1.82) is 0 Å². The molecule has 2 rings (SSSR count). The topological polar surface area (TPSA) is 89.5 Å². The maximum Gasteiger partial charge on any atom is 0.340 e. The van der Waals surface area contributed by atoms with Crippen molar-refractivity contribution < 1.29 is 22.7 Å². The van der Waals surface area contributed by atoms with Crippen LogP contribution in [0.3, 0.4) is 0 Å². The average Bonchev–Trinajstić information content (AvgIpc) is 3.21. The SMILES string of the molecule is C[C@H](OC(=O)c1ccccc1S(C)(=O)=O)C(=O)NC1CC1. The molecule has 1 aliphatic carbocycles. The number of nitrogens with one attached hydrogen (secondary N) is 1. The van der Waals surface area contributed by atoms with Gasteiger partial charge in [-0.15, -0.1) is 0 Å². The summed E-state index contributed by atoms with van der Waals surface area (Å²) in [6.07, 6.45) is 1.92. The van der Waals surface area contributed by atoms with Gasteiger partial charge in [-0.1, -0.05) is 12.1 Å². The molecule has 0 aliphatic heterocycles. The number of ether oxygens (including phenoxy) is 1. The third-order valence-corrected chi connectivity index (χ3v) is 4.24. The van der Waals surface area contributed by atoms with Crippen LogP contribution in [-0.4, -0.2) is 38.7 Å². The number of sulfone groups is 1. The Balaban J connectivity index is 2.11. The van der Waals surface area contributed by atoms with Gasteiger partial charge in [-0.2, -0.15) is 0 Å². The van der Waals surface area contributed by atoms with E-state index in [1.165, 1.54) is 25.1 Å². The summed E-state index contributed by atoms with van der Waals surface area (Å²) in [5.74, 6) is -1.20. The summed E-state index contributed by atoms with van der Waals surface area (Å²) >= 11 is 0. The first-order valence-electron chi connectivity index (χ1n) is 6.59. The van der Waals surface area contributed by atoms with Crippen LogP contribution in [0, 0.1) is 0 Å². The van der Waals surface area contributed by atoms with E-state index < -0.39 is 21.9 Å². The Morgan fingerprint density at radius 2 is 1.90 bits per heavy atom. The number of benzene rings is 1. The molecule has 0 aromatic heterocycles. The Labute approximate surface area is 123 Å². The standard InChI is InChI=1S/C14H17NO5S/c1-9(13(16)15-10-7-8-10)20-14(17)11-5-3-4-6-12(11)21(2,18)19/h3-6,9-10H,7-8H2,1-2H3,(H,15,16)/t9-/m0/s1. The fourth-order valence-electron chi connectivity index (χ4n) is 1.78. The highest BCUT2D eigenvalue weighted by atomic mass is 32.2. The maximum absolute atomic E-state index is 12.1. The van der Waals surface area contributed by atoms with Crippen LogP contribution in [0.1, 0.15) is 30.1 Å². The quantitative estimate of drug-likeness (QED) is 0.817. The van der Waals surface area contributed by atoms with Crippen LogP contribution < -0.4 is 5.32 Å². The first-order valence-corrected chi connectivity index (χ1v) is 8.48. The largest absolute Gasteiger partial charge is 0.449 e. The van der Waals surface area contributed by atoms with Crippen LogP contribution in [-0.2, 0) is 19.4 Å². The highest BCUT2D eigenvalue weighted by molar-refractivity contribution is 7.90. The lowest BCUT2D eigenvalue weighted by Crippen LogP contribution is -2.37. The number of rotatable bonds is 5. The molecular weight excluding hydrogens is 294 g/mol. The molecule has 0 unspecified atom stereocenters. The summed E-state index contributed by atoms with van der Waals surface area (Å²) in [6, 6.07) is 5.93. The van der Waals surface area contributed by atoms with Gasteiger partial charge >= 0.3 is 5.97 Å².